The number of hydrogen-bond donors (Lipinski definition) is 1. The van der Waals surface area contributed by atoms with Gasteiger partial charge in [0, 0.05) is 24.8 Å². The maximum atomic E-state index is 6.33. The maximum Gasteiger partial charge on any atom is 0.0366 e. The summed E-state index contributed by atoms with van der Waals surface area (Å²) in [6.45, 7) is 4.41. The van der Waals surface area contributed by atoms with Gasteiger partial charge in [-0.3, -0.25) is 0 Å². The van der Waals surface area contributed by atoms with E-state index in [0.29, 0.717) is 12.0 Å². The average molecular weight is 246 g/mol. The molecular formula is C16H26N2. The number of benzene rings is 1. The molecule has 0 aromatic heterocycles. The molecule has 1 aromatic carbocycles. The highest BCUT2D eigenvalue weighted by atomic mass is 15.1. The molecule has 2 heteroatoms. The van der Waals surface area contributed by atoms with Gasteiger partial charge in [0.05, 0.1) is 0 Å². The van der Waals surface area contributed by atoms with Gasteiger partial charge in [-0.25, -0.2) is 0 Å². The number of rotatable bonds is 4. The summed E-state index contributed by atoms with van der Waals surface area (Å²) in [7, 11) is 0. The predicted molar refractivity (Wildman–Crippen MR) is 78.9 cm³/mol. The molecule has 18 heavy (non-hydrogen) atoms. The highest BCUT2D eigenvalue weighted by Gasteiger charge is 2.22. The Morgan fingerprint density at radius 1 is 1.11 bits per heavy atom. The molecule has 2 N–H and O–H groups in total. The van der Waals surface area contributed by atoms with E-state index in [1.165, 1.54) is 37.8 Å². The fraction of sp³-hybridized carbons (Fsp3) is 0.625. The Labute approximate surface area is 111 Å². The van der Waals surface area contributed by atoms with Crippen LogP contribution in [0.25, 0.3) is 0 Å². The van der Waals surface area contributed by atoms with Crippen LogP contribution in [0.5, 0.6) is 0 Å². The van der Waals surface area contributed by atoms with E-state index in [4.69, 9.17) is 5.73 Å². The summed E-state index contributed by atoms with van der Waals surface area (Å²) in [4.78, 5) is 2.47. The minimum atomic E-state index is 0.394. The molecule has 2 nitrogen and oxygen atoms in total. The van der Waals surface area contributed by atoms with E-state index in [2.05, 4.69) is 42.2 Å². The fourth-order valence-electron chi connectivity index (χ4n) is 2.98. The van der Waals surface area contributed by atoms with E-state index >= 15 is 0 Å². The topological polar surface area (TPSA) is 29.3 Å². The molecule has 1 fully saturated rings. The molecule has 0 bridgehead atoms. The van der Waals surface area contributed by atoms with Gasteiger partial charge in [0.1, 0.15) is 0 Å². The monoisotopic (exact) mass is 246 g/mol. The maximum absolute atomic E-state index is 6.33. The molecule has 2 unspecified atom stereocenters. The van der Waals surface area contributed by atoms with Crippen LogP contribution >= 0.6 is 0 Å². The van der Waals surface area contributed by atoms with E-state index < -0.39 is 0 Å². The molecule has 0 radical (unpaired) electrons. The minimum Gasteiger partial charge on any atom is -0.371 e. The largest absolute Gasteiger partial charge is 0.371 e. The van der Waals surface area contributed by atoms with Crippen molar-refractivity contribution in [1.29, 1.82) is 0 Å². The van der Waals surface area contributed by atoms with Crippen LogP contribution in [0.15, 0.2) is 30.3 Å². The smallest absolute Gasteiger partial charge is 0.0366 e. The van der Waals surface area contributed by atoms with Gasteiger partial charge in [-0.05, 0) is 37.8 Å². The zero-order chi connectivity index (χ0) is 12.8. The van der Waals surface area contributed by atoms with Crippen molar-refractivity contribution in [1.82, 2.24) is 0 Å². The molecule has 100 valence electrons. The Balaban J connectivity index is 2.01. The van der Waals surface area contributed by atoms with Crippen LogP contribution in [0.3, 0.4) is 0 Å². The SMILES string of the molecule is CCN(CC1CCCCCC1N)c1ccccc1. The van der Waals surface area contributed by atoms with E-state index in [0.717, 1.165) is 13.1 Å². The lowest BCUT2D eigenvalue weighted by molar-refractivity contribution is 0.397. The van der Waals surface area contributed by atoms with Crippen molar-refractivity contribution in [2.75, 3.05) is 18.0 Å². The summed E-state index contributed by atoms with van der Waals surface area (Å²) in [6, 6.07) is 11.1. The molecule has 2 rings (SSSR count). The molecule has 1 aliphatic rings. The first kappa shape index (κ1) is 13.4. The van der Waals surface area contributed by atoms with Crippen molar-refractivity contribution in [3.63, 3.8) is 0 Å². The Hall–Kier alpha value is -1.02. The summed E-state index contributed by atoms with van der Waals surface area (Å²) >= 11 is 0. The Morgan fingerprint density at radius 2 is 1.83 bits per heavy atom. The fourth-order valence-corrected chi connectivity index (χ4v) is 2.98. The molecule has 0 amide bonds. The number of para-hydroxylation sites is 1. The van der Waals surface area contributed by atoms with Crippen LogP contribution in [0.4, 0.5) is 5.69 Å². The lowest BCUT2D eigenvalue weighted by atomic mass is 9.94. The summed E-state index contributed by atoms with van der Waals surface area (Å²) in [5.74, 6) is 0.660. The molecule has 0 saturated heterocycles. The van der Waals surface area contributed by atoms with Crippen LogP contribution < -0.4 is 10.6 Å². The highest BCUT2D eigenvalue weighted by Crippen LogP contribution is 2.25. The van der Waals surface area contributed by atoms with E-state index in [1.54, 1.807) is 0 Å². The quantitative estimate of drug-likeness (QED) is 0.825. The average Bonchev–Trinajstić information content (AvgIpc) is 2.62. The normalized spacial score (nSPS) is 24.6. The zero-order valence-electron chi connectivity index (χ0n) is 11.5. The molecule has 0 spiro atoms. The van der Waals surface area contributed by atoms with Crippen molar-refractivity contribution in [3.05, 3.63) is 30.3 Å². The van der Waals surface area contributed by atoms with Crippen molar-refractivity contribution >= 4 is 5.69 Å². The lowest BCUT2D eigenvalue weighted by Gasteiger charge is -2.30. The van der Waals surface area contributed by atoms with Crippen molar-refractivity contribution in [3.8, 4) is 0 Å². The molecular weight excluding hydrogens is 220 g/mol. The van der Waals surface area contributed by atoms with Gasteiger partial charge < -0.3 is 10.6 Å². The number of nitrogens with two attached hydrogens (primary N) is 1. The summed E-state index contributed by atoms with van der Waals surface area (Å²) in [6.07, 6.45) is 6.53. The Morgan fingerprint density at radius 3 is 2.56 bits per heavy atom. The third-order valence-corrected chi connectivity index (χ3v) is 4.18. The molecule has 2 atom stereocenters. The van der Waals surface area contributed by atoms with Gasteiger partial charge in [0.25, 0.3) is 0 Å². The second-order valence-electron chi connectivity index (χ2n) is 5.44. The van der Waals surface area contributed by atoms with E-state index in [9.17, 15) is 0 Å². The van der Waals surface area contributed by atoms with Crippen LogP contribution in [0.2, 0.25) is 0 Å². The van der Waals surface area contributed by atoms with Gasteiger partial charge in [0.2, 0.25) is 0 Å². The van der Waals surface area contributed by atoms with Crippen LogP contribution in [-0.4, -0.2) is 19.1 Å². The molecule has 1 aliphatic carbocycles. The van der Waals surface area contributed by atoms with Gasteiger partial charge in [0.15, 0.2) is 0 Å². The van der Waals surface area contributed by atoms with Gasteiger partial charge in [-0.1, -0.05) is 37.5 Å². The minimum absolute atomic E-state index is 0.394. The molecule has 0 heterocycles. The van der Waals surface area contributed by atoms with Gasteiger partial charge in [-0.15, -0.1) is 0 Å². The van der Waals surface area contributed by atoms with Gasteiger partial charge in [-0.2, -0.15) is 0 Å². The molecule has 0 aliphatic heterocycles. The molecule has 1 saturated carbocycles. The third-order valence-electron chi connectivity index (χ3n) is 4.18. The second kappa shape index (κ2) is 6.79. The highest BCUT2D eigenvalue weighted by molar-refractivity contribution is 5.45. The van der Waals surface area contributed by atoms with Crippen molar-refractivity contribution in [2.45, 2.75) is 45.1 Å². The first-order valence-corrected chi connectivity index (χ1v) is 7.37. The van der Waals surface area contributed by atoms with E-state index in [-0.39, 0.29) is 0 Å². The predicted octanol–water partition coefficient (Wildman–Crippen LogP) is 3.42. The van der Waals surface area contributed by atoms with E-state index in [1.807, 2.05) is 0 Å². The number of anilines is 1. The lowest BCUT2D eigenvalue weighted by Crippen LogP contribution is -2.38. The Bertz CT molecular complexity index is 336. The molecule has 1 aromatic rings. The Kier molecular flexibility index (Phi) is 5.06. The summed E-state index contributed by atoms with van der Waals surface area (Å²) in [5, 5.41) is 0. The van der Waals surface area contributed by atoms with Crippen LogP contribution in [-0.2, 0) is 0 Å². The van der Waals surface area contributed by atoms with Gasteiger partial charge >= 0.3 is 0 Å². The summed E-state index contributed by atoms with van der Waals surface area (Å²) in [5.41, 5.74) is 7.66. The van der Waals surface area contributed by atoms with Crippen LogP contribution in [0.1, 0.15) is 39.0 Å². The van der Waals surface area contributed by atoms with Crippen LogP contribution in [0, 0.1) is 5.92 Å². The number of hydrogen-bond acceptors (Lipinski definition) is 2. The van der Waals surface area contributed by atoms with Crippen molar-refractivity contribution < 1.29 is 0 Å². The second-order valence-corrected chi connectivity index (χ2v) is 5.44. The van der Waals surface area contributed by atoms with Crippen molar-refractivity contribution in [2.24, 2.45) is 11.7 Å². The zero-order valence-corrected chi connectivity index (χ0v) is 11.5. The first-order chi connectivity index (χ1) is 8.81. The summed E-state index contributed by atoms with van der Waals surface area (Å²) < 4.78 is 0. The first-order valence-electron chi connectivity index (χ1n) is 7.37. The third kappa shape index (κ3) is 3.49. The standard InChI is InChI=1S/C16H26N2/c1-2-18(15-10-6-4-7-11-15)13-14-9-5-3-8-12-16(14)17/h4,6-7,10-11,14,16H,2-3,5,8-9,12-13,17H2,1H3. The number of nitrogens with zero attached hydrogens (tertiary/aromatic N) is 1.